The first kappa shape index (κ1) is 74.4. The van der Waals surface area contributed by atoms with Crippen molar-refractivity contribution in [2.45, 2.75) is 19.6 Å². The number of nitrogen functional groups attached to an aromatic ring is 4. The molecule has 0 atom stereocenters. The zero-order valence-corrected chi connectivity index (χ0v) is 60.9. The molecular formula is C60H40N12Na4O14S4. The second kappa shape index (κ2) is 29.6. The first-order valence-corrected chi connectivity index (χ1v) is 31.5. The molecule has 0 spiro atoms. The molecule has 26 nitrogen and oxygen atoms in total. The number of benzene rings is 12. The molecule has 10 N–H and O–H groups in total. The van der Waals surface area contributed by atoms with Crippen molar-refractivity contribution in [3.63, 3.8) is 0 Å². The smallest absolute Gasteiger partial charge is 0.744 e. The molecule has 0 radical (unpaired) electrons. The minimum absolute atomic E-state index is 0. The minimum Gasteiger partial charge on any atom is -0.744 e. The van der Waals surface area contributed by atoms with Gasteiger partial charge in [0, 0.05) is 76.6 Å². The monoisotopic (exact) mass is 1370 g/mol. The van der Waals surface area contributed by atoms with Crippen molar-refractivity contribution in [3.8, 4) is 11.5 Å². The molecule has 0 aliphatic rings. The van der Waals surface area contributed by atoms with E-state index in [1.54, 1.807) is 84.9 Å². The van der Waals surface area contributed by atoms with Crippen LogP contribution in [0.5, 0.6) is 11.5 Å². The Morgan fingerprint density at radius 2 is 0.585 bits per heavy atom. The molecule has 0 unspecified atom stereocenters. The summed E-state index contributed by atoms with van der Waals surface area (Å²) in [6, 6.07) is 44.9. The van der Waals surface area contributed by atoms with Crippen LogP contribution in [-0.4, -0.2) is 62.1 Å². The maximum atomic E-state index is 12.1. The molecular weight excluding hydrogens is 1330 g/mol. The van der Waals surface area contributed by atoms with Gasteiger partial charge >= 0.3 is 118 Å². The average Bonchev–Trinajstić information content (AvgIpc) is 0.788. The van der Waals surface area contributed by atoms with E-state index in [1.807, 2.05) is 0 Å². The first-order valence-electron chi connectivity index (χ1n) is 25.9. The Hall–Kier alpha value is -6.96. The van der Waals surface area contributed by atoms with Crippen LogP contribution in [0.25, 0.3) is 64.6 Å². The molecule has 12 aromatic rings. The van der Waals surface area contributed by atoms with Gasteiger partial charge in [0.1, 0.15) is 51.8 Å². The van der Waals surface area contributed by atoms with Crippen LogP contribution in [0.4, 0.5) is 68.2 Å². The van der Waals surface area contributed by atoms with Crippen molar-refractivity contribution in [2.24, 2.45) is 40.9 Å². The summed E-state index contributed by atoms with van der Waals surface area (Å²) in [6.07, 6.45) is 0. The van der Waals surface area contributed by atoms with Crippen LogP contribution in [-0.2, 0) is 40.5 Å². The van der Waals surface area contributed by atoms with E-state index in [9.17, 15) is 62.1 Å². The van der Waals surface area contributed by atoms with Gasteiger partial charge < -0.3 is 51.4 Å². The number of azo groups is 4. The summed E-state index contributed by atoms with van der Waals surface area (Å²) in [5, 5.41) is 60.2. The van der Waals surface area contributed by atoms with Crippen molar-refractivity contribution in [3.05, 3.63) is 182 Å². The Kier molecular flexibility index (Phi) is 23.4. The number of hydrogen-bond donors (Lipinski definition) is 6. The van der Waals surface area contributed by atoms with Gasteiger partial charge in [-0.05, 0) is 120 Å². The normalized spacial score (nSPS) is 12.1. The number of hydrogen-bond acceptors (Lipinski definition) is 26. The zero-order valence-electron chi connectivity index (χ0n) is 49.6. The van der Waals surface area contributed by atoms with E-state index in [1.165, 1.54) is 84.9 Å². The average molecular weight is 1370 g/mol. The van der Waals surface area contributed by atoms with Crippen LogP contribution in [0.15, 0.2) is 242 Å². The van der Waals surface area contributed by atoms with Gasteiger partial charge in [0.15, 0.2) is 11.5 Å². The topological polar surface area (TPSA) is 472 Å². The number of fused-ring (bicyclic) bond motifs is 6. The van der Waals surface area contributed by atoms with E-state index in [0.29, 0.717) is 77.2 Å². The number of nitrogens with two attached hydrogens (primary N) is 4. The van der Waals surface area contributed by atoms with Crippen LogP contribution < -0.4 is 141 Å². The van der Waals surface area contributed by atoms with Crippen molar-refractivity contribution in [1.29, 1.82) is 0 Å². The van der Waals surface area contributed by atoms with E-state index >= 15 is 0 Å². The third-order valence-electron chi connectivity index (χ3n) is 14.1. The second-order valence-corrected chi connectivity index (χ2v) is 25.2. The van der Waals surface area contributed by atoms with E-state index in [-0.39, 0.29) is 163 Å². The molecule has 0 aliphatic heterocycles. The van der Waals surface area contributed by atoms with Crippen molar-refractivity contribution in [1.82, 2.24) is 0 Å². The fourth-order valence-corrected chi connectivity index (χ4v) is 12.0. The maximum absolute atomic E-state index is 12.1. The zero-order chi connectivity index (χ0) is 64.2. The van der Waals surface area contributed by atoms with E-state index in [2.05, 4.69) is 40.9 Å². The van der Waals surface area contributed by atoms with Crippen LogP contribution >= 0.6 is 0 Å². The molecule has 0 heterocycles. The number of anilines is 4. The molecule has 0 aliphatic carbocycles. The molecule has 12 aromatic carbocycles. The van der Waals surface area contributed by atoms with Crippen LogP contribution in [0.1, 0.15) is 0 Å². The van der Waals surface area contributed by atoms with E-state index < -0.39 is 82.9 Å². The predicted molar refractivity (Wildman–Crippen MR) is 333 cm³/mol. The summed E-state index contributed by atoms with van der Waals surface area (Å²) in [4.78, 5) is -2.36. The SMILES string of the molecule is Nc1ccc2cc(S(=O)(=O)[O-])c(N=Nc3ccc(N=Nc4ccc(N)c5cc(S(=O)(=O)[O-])ccc45)c4ccccc34)c(O)c2c1.Nc1ccc2cc(S(=O)(=O)[O-])c(N=Nc3ccc(N=Nc4ccc(N)c5ccc(S(=O)(=O)[O-])cc45)c4ccccc34)c(O)c2c1.[Na+].[Na+].[Na+].[Na+]. The van der Waals surface area contributed by atoms with Gasteiger partial charge in [-0.2, -0.15) is 0 Å². The summed E-state index contributed by atoms with van der Waals surface area (Å²) in [6.45, 7) is 0. The molecule has 0 amide bonds. The number of rotatable bonds is 12. The first-order chi connectivity index (χ1) is 42.6. The van der Waals surface area contributed by atoms with E-state index in [0.717, 1.165) is 12.1 Å². The molecule has 0 saturated carbocycles. The third-order valence-corrected chi connectivity index (χ3v) is 17.4. The molecule has 0 aromatic heterocycles. The number of phenols is 2. The molecule has 94 heavy (non-hydrogen) atoms. The molecule has 452 valence electrons. The number of nitrogens with zero attached hydrogens (tertiary/aromatic N) is 8. The van der Waals surface area contributed by atoms with Gasteiger partial charge in [-0.15, -0.1) is 40.9 Å². The maximum Gasteiger partial charge on any atom is 1.00 e. The number of phenolic OH excluding ortho intramolecular Hbond substituents is 2. The van der Waals surface area contributed by atoms with Crippen LogP contribution in [0.2, 0.25) is 0 Å². The Labute approximate surface area is 623 Å². The van der Waals surface area contributed by atoms with Crippen molar-refractivity contribution < 1.29 is 180 Å². The fourth-order valence-electron chi connectivity index (χ4n) is 9.75. The van der Waals surface area contributed by atoms with E-state index in [4.69, 9.17) is 22.9 Å². The minimum atomic E-state index is -5.06. The molecule has 0 saturated heterocycles. The van der Waals surface area contributed by atoms with Crippen molar-refractivity contribution in [2.75, 3.05) is 22.9 Å². The summed E-state index contributed by atoms with van der Waals surface area (Å²) < 4.78 is 142. The van der Waals surface area contributed by atoms with Gasteiger partial charge in [-0.25, -0.2) is 33.7 Å². The van der Waals surface area contributed by atoms with Gasteiger partial charge in [-0.3, -0.25) is 0 Å². The fraction of sp³-hybridized carbons (Fsp3) is 0. The molecule has 0 fully saturated rings. The standard InChI is InChI=1S/2C30H22N6O7S2.4Na/c31-17-6-5-16-13-28(45(41,42)43)29(30(37)22(16)14-17)36-35-26-12-11-25(20-3-1-2-4-21(20)26)33-34-27-10-9-24(32)19-8-7-18(15-23(19)27)44(38,39)40;31-17-6-5-16-13-28(45(41,42)43)29(30(37)22(16)14-17)36-35-27-12-11-26(19-3-1-2-4-20(19)27)34-33-25-10-9-24(32)23-15-18(44(38,39)40)7-8-21(23)25;;;;/h2*1-15,37H,31-32H2,(H,38,39,40)(H,41,42,43);;;;/q;;4*+1/p-4. The van der Waals surface area contributed by atoms with Crippen LogP contribution in [0, 0.1) is 0 Å². The Morgan fingerprint density at radius 1 is 0.287 bits per heavy atom. The summed E-state index contributed by atoms with van der Waals surface area (Å²) in [5.74, 6) is -1.14. The molecule has 12 rings (SSSR count). The summed E-state index contributed by atoms with van der Waals surface area (Å²) in [5.41, 5.74) is 25.8. The Balaban J connectivity index is 0.000000255. The third kappa shape index (κ3) is 15.8. The van der Waals surface area contributed by atoms with Gasteiger partial charge in [0.05, 0.1) is 53.7 Å². The Morgan fingerprint density at radius 3 is 0.936 bits per heavy atom. The molecule has 0 bridgehead atoms. The summed E-state index contributed by atoms with van der Waals surface area (Å²) >= 11 is 0. The van der Waals surface area contributed by atoms with Crippen molar-refractivity contribution >= 4 is 173 Å². The largest absolute Gasteiger partial charge is 1.00 e. The Bertz CT molecular complexity index is 5680. The van der Waals surface area contributed by atoms with Crippen LogP contribution in [0.3, 0.4) is 0 Å². The van der Waals surface area contributed by atoms with Gasteiger partial charge in [0.2, 0.25) is 0 Å². The second-order valence-electron chi connectivity index (χ2n) is 19.8. The quantitative estimate of drug-likeness (QED) is 0.0435. The molecule has 34 heteroatoms. The number of aromatic hydroxyl groups is 2. The van der Waals surface area contributed by atoms with Gasteiger partial charge in [-0.1, -0.05) is 72.8 Å². The summed E-state index contributed by atoms with van der Waals surface area (Å²) in [7, 11) is -19.5. The predicted octanol–water partition coefficient (Wildman–Crippen LogP) is 1.33. The van der Waals surface area contributed by atoms with Gasteiger partial charge in [0.25, 0.3) is 0 Å².